The Balaban J connectivity index is 2.33. The third kappa shape index (κ3) is 1.71. The summed E-state index contributed by atoms with van der Waals surface area (Å²) < 4.78 is 1.95. The highest BCUT2D eigenvalue weighted by atomic mass is 32.1. The van der Waals surface area contributed by atoms with Crippen LogP contribution >= 0.6 is 11.3 Å². The van der Waals surface area contributed by atoms with Gasteiger partial charge in [0.2, 0.25) is 0 Å². The molecule has 14 heavy (non-hydrogen) atoms. The second kappa shape index (κ2) is 3.94. The fourth-order valence-corrected chi connectivity index (χ4v) is 2.08. The van der Waals surface area contributed by atoms with E-state index < -0.39 is 0 Å². The van der Waals surface area contributed by atoms with Crippen LogP contribution in [0, 0.1) is 6.92 Å². The summed E-state index contributed by atoms with van der Waals surface area (Å²) in [6, 6.07) is 6.22. The summed E-state index contributed by atoms with van der Waals surface area (Å²) in [4.78, 5) is 1.21. The molecule has 0 spiro atoms. The molecule has 2 aromatic heterocycles. The highest BCUT2D eigenvalue weighted by molar-refractivity contribution is 7.13. The average molecular weight is 207 g/mol. The van der Waals surface area contributed by atoms with Gasteiger partial charge in [0.1, 0.15) is 5.69 Å². The lowest BCUT2D eigenvalue weighted by Crippen LogP contribution is -2.12. The van der Waals surface area contributed by atoms with Crippen LogP contribution in [0.2, 0.25) is 0 Å². The average Bonchev–Trinajstić information content (AvgIpc) is 2.76. The van der Waals surface area contributed by atoms with Crippen molar-refractivity contribution in [2.75, 3.05) is 6.54 Å². The van der Waals surface area contributed by atoms with Crippen molar-refractivity contribution in [3.05, 3.63) is 29.3 Å². The van der Waals surface area contributed by atoms with Gasteiger partial charge in [-0.2, -0.15) is 5.10 Å². The zero-order chi connectivity index (χ0) is 9.97. The fraction of sp³-hybridized carbons (Fsp3) is 0.300. The minimum atomic E-state index is 0.631. The third-order valence-electron chi connectivity index (χ3n) is 2.10. The van der Waals surface area contributed by atoms with Gasteiger partial charge in [-0.05, 0) is 24.4 Å². The van der Waals surface area contributed by atoms with E-state index in [1.165, 1.54) is 10.6 Å². The zero-order valence-electron chi connectivity index (χ0n) is 8.10. The van der Waals surface area contributed by atoms with Crippen molar-refractivity contribution in [3.63, 3.8) is 0 Å². The van der Waals surface area contributed by atoms with Crippen molar-refractivity contribution in [2.24, 2.45) is 5.73 Å². The minimum absolute atomic E-state index is 0.631. The van der Waals surface area contributed by atoms with Crippen LogP contribution < -0.4 is 5.73 Å². The molecule has 0 aliphatic carbocycles. The van der Waals surface area contributed by atoms with Gasteiger partial charge in [0, 0.05) is 12.2 Å². The largest absolute Gasteiger partial charge is 0.329 e. The summed E-state index contributed by atoms with van der Waals surface area (Å²) in [5.74, 6) is 0. The third-order valence-corrected chi connectivity index (χ3v) is 2.99. The molecule has 2 aromatic rings. The summed E-state index contributed by atoms with van der Waals surface area (Å²) in [6.07, 6.45) is 0. The lowest BCUT2D eigenvalue weighted by atomic mass is 10.3. The van der Waals surface area contributed by atoms with Crippen LogP contribution in [-0.4, -0.2) is 16.3 Å². The first-order valence-corrected chi connectivity index (χ1v) is 5.47. The number of aryl methyl sites for hydroxylation is 1. The Kier molecular flexibility index (Phi) is 2.65. The number of hydrogen-bond acceptors (Lipinski definition) is 3. The predicted molar refractivity (Wildman–Crippen MR) is 59.3 cm³/mol. The topological polar surface area (TPSA) is 43.8 Å². The SMILES string of the molecule is Cc1cc(-c2cccs2)nn1CCN. The lowest BCUT2D eigenvalue weighted by Gasteiger charge is -1.99. The zero-order valence-corrected chi connectivity index (χ0v) is 8.92. The lowest BCUT2D eigenvalue weighted by molar-refractivity contribution is 0.610. The molecule has 0 atom stereocenters. The van der Waals surface area contributed by atoms with Crippen LogP contribution in [0.4, 0.5) is 0 Å². The number of hydrogen-bond donors (Lipinski definition) is 1. The number of nitrogens with zero attached hydrogens (tertiary/aromatic N) is 2. The van der Waals surface area contributed by atoms with E-state index in [0.717, 1.165) is 12.2 Å². The Morgan fingerprint density at radius 3 is 3.07 bits per heavy atom. The van der Waals surface area contributed by atoms with Crippen molar-refractivity contribution in [1.82, 2.24) is 9.78 Å². The van der Waals surface area contributed by atoms with Crippen LogP contribution in [0.1, 0.15) is 5.69 Å². The van der Waals surface area contributed by atoms with E-state index in [0.29, 0.717) is 6.54 Å². The quantitative estimate of drug-likeness (QED) is 0.835. The molecule has 0 bridgehead atoms. The molecule has 0 aliphatic rings. The molecule has 0 aliphatic heterocycles. The second-order valence-electron chi connectivity index (χ2n) is 3.16. The van der Waals surface area contributed by atoms with Crippen LogP contribution in [-0.2, 0) is 6.54 Å². The molecule has 2 heterocycles. The first-order valence-electron chi connectivity index (χ1n) is 4.59. The molecule has 0 saturated heterocycles. The summed E-state index contributed by atoms with van der Waals surface area (Å²) in [5, 5.41) is 6.55. The van der Waals surface area contributed by atoms with Crippen molar-refractivity contribution in [1.29, 1.82) is 0 Å². The number of thiophene rings is 1. The molecule has 2 rings (SSSR count). The summed E-state index contributed by atoms with van der Waals surface area (Å²) in [5.41, 5.74) is 7.71. The second-order valence-corrected chi connectivity index (χ2v) is 4.11. The first kappa shape index (κ1) is 9.43. The highest BCUT2D eigenvalue weighted by Gasteiger charge is 2.05. The van der Waals surface area contributed by atoms with E-state index in [1.54, 1.807) is 11.3 Å². The van der Waals surface area contributed by atoms with Gasteiger partial charge >= 0.3 is 0 Å². The summed E-state index contributed by atoms with van der Waals surface area (Å²) >= 11 is 1.71. The smallest absolute Gasteiger partial charge is 0.103 e. The molecule has 74 valence electrons. The predicted octanol–water partition coefficient (Wildman–Crippen LogP) is 1.88. The maximum Gasteiger partial charge on any atom is 0.103 e. The minimum Gasteiger partial charge on any atom is -0.329 e. The first-order chi connectivity index (χ1) is 6.81. The summed E-state index contributed by atoms with van der Waals surface area (Å²) in [6.45, 7) is 3.48. The van der Waals surface area contributed by atoms with Crippen LogP contribution in [0.3, 0.4) is 0 Å². The van der Waals surface area contributed by atoms with Crippen molar-refractivity contribution < 1.29 is 0 Å². The maximum atomic E-state index is 5.50. The summed E-state index contributed by atoms with van der Waals surface area (Å²) in [7, 11) is 0. The van der Waals surface area contributed by atoms with Crippen molar-refractivity contribution in [2.45, 2.75) is 13.5 Å². The fourth-order valence-electron chi connectivity index (χ4n) is 1.40. The molecule has 0 saturated carbocycles. The molecule has 4 heteroatoms. The number of rotatable bonds is 3. The maximum absolute atomic E-state index is 5.50. The standard InChI is InChI=1S/C10H13N3S/c1-8-7-9(10-3-2-6-14-10)12-13(8)5-4-11/h2-3,6-7H,4-5,11H2,1H3. The number of nitrogens with two attached hydrogens (primary N) is 1. The molecule has 2 N–H and O–H groups in total. The molecular formula is C10H13N3S. The van der Waals surface area contributed by atoms with Gasteiger partial charge in [-0.1, -0.05) is 6.07 Å². The normalized spacial score (nSPS) is 10.7. The molecule has 0 fully saturated rings. The molecule has 0 radical (unpaired) electrons. The Morgan fingerprint density at radius 2 is 2.43 bits per heavy atom. The van der Waals surface area contributed by atoms with E-state index in [1.807, 2.05) is 10.7 Å². The Hall–Kier alpha value is -1.13. The molecule has 0 amide bonds. The van der Waals surface area contributed by atoms with E-state index in [-0.39, 0.29) is 0 Å². The van der Waals surface area contributed by atoms with E-state index in [9.17, 15) is 0 Å². The van der Waals surface area contributed by atoms with Crippen molar-refractivity contribution in [3.8, 4) is 10.6 Å². The number of aromatic nitrogens is 2. The van der Waals surface area contributed by atoms with Gasteiger partial charge in [-0.15, -0.1) is 11.3 Å². The van der Waals surface area contributed by atoms with Gasteiger partial charge in [0.25, 0.3) is 0 Å². The van der Waals surface area contributed by atoms with Crippen LogP contribution in [0.5, 0.6) is 0 Å². The molecular weight excluding hydrogens is 194 g/mol. The molecule has 3 nitrogen and oxygen atoms in total. The van der Waals surface area contributed by atoms with Gasteiger partial charge < -0.3 is 5.73 Å². The van der Waals surface area contributed by atoms with Crippen LogP contribution in [0.15, 0.2) is 23.6 Å². The Labute approximate surface area is 87.2 Å². The van der Waals surface area contributed by atoms with E-state index in [2.05, 4.69) is 29.5 Å². The van der Waals surface area contributed by atoms with E-state index >= 15 is 0 Å². The van der Waals surface area contributed by atoms with Gasteiger partial charge in [0.05, 0.1) is 11.4 Å². The van der Waals surface area contributed by atoms with Crippen LogP contribution in [0.25, 0.3) is 10.6 Å². The van der Waals surface area contributed by atoms with Gasteiger partial charge in [-0.25, -0.2) is 0 Å². The van der Waals surface area contributed by atoms with E-state index in [4.69, 9.17) is 5.73 Å². The monoisotopic (exact) mass is 207 g/mol. The highest BCUT2D eigenvalue weighted by Crippen LogP contribution is 2.23. The van der Waals surface area contributed by atoms with Gasteiger partial charge in [0.15, 0.2) is 0 Å². The molecule has 0 aromatic carbocycles. The van der Waals surface area contributed by atoms with Gasteiger partial charge in [-0.3, -0.25) is 4.68 Å². The Bertz CT molecular complexity index is 403. The molecule has 0 unspecified atom stereocenters. The van der Waals surface area contributed by atoms with Crippen molar-refractivity contribution >= 4 is 11.3 Å². The Morgan fingerprint density at radius 1 is 1.57 bits per heavy atom.